The fraction of sp³-hybridized carbons (Fsp3) is 0.522. The van der Waals surface area contributed by atoms with Crippen LogP contribution in [0, 0.1) is 20.8 Å². The van der Waals surface area contributed by atoms with E-state index >= 15 is 0 Å². The lowest BCUT2D eigenvalue weighted by Gasteiger charge is -2.30. The molecule has 1 saturated heterocycles. The van der Waals surface area contributed by atoms with E-state index in [-0.39, 0.29) is 24.7 Å². The molecule has 174 valence electrons. The van der Waals surface area contributed by atoms with Crippen molar-refractivity contribution in [3.8, 4) is 0 Å². The number of hydrogen-bond acceptors (Lipinski definition) is 6. The van der Waals surface area contributed by atoms with Gasteiger partial charge in [0.05, 0.1) is 13.2 Å². The average Bonchev–Trinajstić information content (AvgIpc) is 2.74. The van der Waals surface area contributed by atoms with Gasteiger partial charge in [-0.3, -0.25) is 14.2 Å². The van der Waals surface area contributed by atoms with Gasteiger partial charge < -0.3 is 20.7 Å². The summed E-state index contributed by atoms with van der Waals surface area (Å²) < 4.78 is 7.41. The molecule has 32 heavy (non-hydrogen) atoms. The maximum atomic E-state index is 13.3. The normalized spacial score (nSPS) is 13.9. The number of rotatable bonds is 7. The largest absolute Gasteiger partial charge is 0.383 e. The first-order valence-corrected chi connectivity index (χ1v) is 11.0. The van der Waals surface area contributed by atoms with Crippen molar-refractivity contribution < 1.29 is 9.53 Å². The van der Waals surface area contributed by atoms with E-state index in [2.05, 4.69) is 5.32 Å². The van der Waals surface area contributed by atoms with Gasteiger partial charge in [-0.2, -0.15) is 0 Å². The maximum Gasteiger partial charge on any atom is 0.333 e. The molecule has 3 rings (SSSR count). The number of benzene rings is 1. The molecule has 0 spiro atoms. The molecule has 0 saturated carbocycles. The summed E-state index contributed by atoms with van der Waals surface area (Å²) in [5.41, 5.74) is 9.07. The number of nitrogens with two attached hydrogens (primary N) is 1. The first-order valence-electron chi connectivity index (χ1n) is 11.0. The van der Waals surface area contributed by atoms with E-state index < -0.39 is 23.7 Å². The van der Waals surface area contributed by atoms with Gasteiger partial charge in [-0.15, -0.1) is 0 Å². The van der Waals surface area contributed by atoms with Gasteiger partial charge >= 0.3 is 5.69 Å². The van der Waals surface area contributed by atoms with Crippen molar-refractivity contribution in [3.05, 3.63) is 49.7 Å². The minimum Gasteiger partial charge on any atom is -0.383 e. The molecule has 0 aliphatic carbocycles. The second-order valence-corrected chi connectivity index (χ2v) is 8.42. The Balaban J connectivity index is 2.00. The highest BCUT2D eigenvalue weighted by Gasteiger charge is 2.24. The third-order valence-corrected chi connectivity index (χ3v) is 5.88. The zero-order chi connectivity index (χ0) is 23.4. The molecular formula is C23H33N5O4. The van der Waals surface area contributed by atoms with Crippen LogP contribution >= 0.6 is 0 Å². The van der Waals surface area contributed by atoms with Gasteiger partial charge in [0.2, 0.25) is 5.91 Å². The summed E-state index contributed by atoms with van der Waals surface area (Å²) in [7, 11) is 1.53. The van der Waals surface area contributed by atoms with Crippen molar-refractivity contribution in [2.24, 2.45) is 0 Å². The van der Waals surface area contributed by atoms with Gasteiger partial charge in [0.25, 0.3) is 5.56 Å². The molecule has 1 aliphatic heterocycles. The SMILES string of the molecule is COCCn1c(N)c(N2CCCCC2)c(=O)n(CC(=O)Nc2c(C)cc(C)cc2C)c1=O. The Morgan fingerprint density at radius 2 is 1.69 bits per heavy atom. The van der Waals surface area contributed by atoms with Crippen LogP contribution in [0.15, 0.2) is 21.7 Å². The van der Waals surface area contributed by atoms with Gasteiger partial charge in [-0.25, -0.2) is 9.36 Å². The number of amides is 1. The minimum atomic E-state index is -0.613. The fourth-order valence-corrected chi connectivity index (χ4v) is 4.35. The first kappa shape index (κ1) is 23.6. The van der Waals surface area contributed by atoms with Crippen LogP contribution in [0.25, 0.3) is 0 Å². The molecule has 1 aromatic carbocycles. The molecule has 9 heteroatoms. The van der Waals surface area contributed by atoms with Crippen LogP contribution in [0.2, 0.25) is 0 Å². The molecule has 1 fully saturated rings. The van der Waals surface area contributed by atoms with Crippen molar-refractivity contribution in [2.75, 3.05) is 42.8 Å². The van der Waals surface area contributed by atoms with E-state index in [1.807, 2.05) is 37.8 Å². The Bertz CT molecular complexity index is 1090. The van der Waals surface area contributed by atoms with Crippen LogP contribution < -0.4 is 27.2 Å². The van der Waals surface area contributed by atoms with Crippen molar-refractivity contribution in [1.82, 2.24) is 9.13 Å². The third-order valence-electron chi connectivity index (χ3n) is 5.88. The number of nitrogens with one attached hydrogen (secondary N) is 1. The highest BCUT2D eigenvalue weighted by molar-refractivity contribution is 5.92. The van der Waals surface area contributed by atoms with E-state index in [0.29, 0.717) is 18.8 Å². The van der Waals surface area contributed by atoms with Crippen LogP contribution in [0.4, 0.5) is 17.2 Å². The van der Waals surface area contributed by atoms with E-state index in [1.165, 1.54) is 11.7 Å². The second kappa shape index (κ2) is 10.0. The summed E-state index contributed by atoms with van der Waals surface area (Å²) in [6.45, 7) is 7.26. The lowest BCUT2D eigenvalue weighted by atomic mass is 10.1. The number of anilines is 3. The molecule has 0 atom stereocenters. The van der Waals surface area contributed by atoms with Crippen LogP contribution in [0.5, 0.6) is 0 Å². The lowest BCUT2D eigenvalue weighted by Crippen LogP contribution is -2.47. The van der Waals surface area contributed by atoms with Crippen LogP contribution in [0.1, 0.15) is 36.0 Å². The van der Waals surface area contributed by atoms with E-state index in [4.69, 9.17) is 10.5 Å². The number of hydrogen-bond donors (Lipinski definition) is 2. The highest BCUT2D eigenvalue weighted by Crippen LogP contribution is 2.23. The number of aryl methyl sites for hydroxylation is 3. The molecule has 0 radical (unpaired) electrons. The number of carbonyl (C=O) groups is 1. The van der Waals surface area contributed by atoms with Crippen LogP contribution in [-0.2, 0) is 22.6 Å². The quantitative estimate of drug-likeness (QED) is 0.675. The summed E-state index contributed by atoms with van der Waals surface area (Å²) in [6, 6.07) is 3.95. The molecular weight excluding hydrogens is 410 g/mol. The van der Waals surface area contributed by atoms with Crippen molar-refractivity contribution in [1.29, 1.82) is 0 Å². The molecule has 1 aromatic heterocycles. The molecule has 1 aliphatic rings. The number of nitrogen functional groups attached to an aromatic ring is 1. The Morgan fingerprint density at radius 3 is 2.28 bits per heavy atom. The Kier molecular flexibility index (Phi) is 7.40. The van der Waals surface area contributed by atoms with Crippen LogP contribution in [-0.4, -0.2) is 41.8 Å². The van der Waals surface area contributed by atoms with Gasteiger partial charge in [-0.1, -0.05) is 17.7 Å². The van der Waals surface area contributed by atoms with Crippen molar-refractivity contribution >= 4 is 23.1 Å². The predicted molar refractivity (Wildman–Crippen MR) is 127 cm³/mol. The second-order valence-electron chi connectivity index (χ2n) is 8.42. The number of nitrogens with zero attached hydrogens (tertiary/aromatic N) is 3. The Labute approximate surface area is 187 Å². The average molecular weight is 444 g/mol. The summed E-state index contributed by atoms with van der Waals surface area (Å²) in [6.07, 6.45) is 2.98. The maximum absolute atomic E-state index is 13.3. The Hall–Kier alpha value is -3.07. The standard InChI is InChI=1S/C23H33N5O4/c1-15-12-16(2)19(17(3)13-15)25-18(29)14-28-22(30)20(26-8-6-5-7-9-26)21(24)27(23(28)31)10-11-32-4/h12-13H,5-11,14,24H2,1-4H3,(H,25,29). The van der Waals surface area contributed by atoms with Crippen molar-refractivity contribution in [2.45, 2.75) is 53.1 Å². The summed E-state index contributed by atoms with van der Waals surface area (Å²) in [5.74, 6) is -0.312. The number of piperidine rings is 1. The molecule has 0 unspecified atom stereocenters. The van der Waals surface area contributed by atoms with E-state index in [1.54, 1.807) is 0 Å². The summed E-state index contributed by atoms with van der Waals surface area (Å²) in [4.78, 5) is 41.2. The number of ether oxygens (including phenoxy) is 1. The zero-order valence-corrected chi connectivity index (χ0v) is 19.4. The monoisotopic (exact) mass is 443 g/mol. The van der Waals surface area contributed by atoms with Crippen LogP contribution in [0.3, 0.4) is 0 Å². The topological polar surface area (TPSA) is 112 Å². The van der Waals surface area contributed by atoms with Gasteiger partial charge in [0.1, 0.15) is 18.1 Å². The minimum absolute atomic E-state index is 0.126. The number of methoxy groups -OCH3 is 1. The first-order chi connectivity index (χ1) is 15.2. The molecule has 2 heterocycles. The summed E-state index contributed by atoms with van der Waals surface area (Å²) >= 11 is 0. The molecule has 9 nitrogen and oxygen atoms in total. The van der Waals surface area contributed by atoms with Crippen molar-refractivity contribution in [3.63, 3.8) is 0 Å². The highest BCUT2D eigenvalue weighted by atomic mass is 16.5. The van der Waals surface area contributed by atoms with E-state index in [0.717, 1.165) is 40.5 Å². The van der Waals surface area contributed by atoms with Gasteiger partial charge in [-0.05, 0) is 51.2 Å². The fourth-order valence-electron chi connectivity index (χ4n) is 4.35. The van der Waals surface area contributed by atoms with Gasteiger partial charge in [0, 0.05) is 25.9 Å². The Morgan fingerprint density at radius 1 is 1.06 bits per heavy atom. The lowest BCUT2D eigenvalue weighted by molar-refractivity contribution is -0.116. The van der Waals surface area contributed by atoms with Gasteiger partial charge in [0.15, 0.2) is 0 Å². The molecule has 2 aromatic rings. The molecule has 1 amide bonds. The molecule has 0 bridgehead atoms. The number of carbonyl (C=O) groups excluding carboxylic acids is 1. The smallest absolute Gasteiger partial charge is 0.333 e. The molecule has 3 N–H and O–H groups in total. The predicted octanol–water partition coefficient (Wildman–Crippen LogP) is 1.79. The zero-order valence-electron chi connectivity index (χ0n) is 19.4. The van der Waals surface area contributed by atoms with E-state index in [9.17, 15) is 14.4 Å². The number of aromatic nitrogens is 2. The summed E-state index contributed by atoms with van der Waals surface area (Å²) in [5, 5.41) is 2.87. The third kappa shape index (κ3) is 4.88.